The summed E-state index contributed by atoms with van der Waals surface area (Å²) in [7, 11) is 1.76. The SMILES string of the molecule is CCCNc1ncnc(NC2CC(OC)C2)c1Br. The summed E-state index contributed by atoms with van der Waals surface area (Å²) in [6, 6.07) is 0.445. The van der Waals surface area contributed by atoms with Gasteiger partial charge in [0.2, 0.25) is 0 Å². The molecule has 1 aromatic rings. The summed E-state index contributed by atoms with van der Waals surface area (Å²) in [4.78, 5) is 8.49. The Kier molecular flexibility index (Phi) is 4.77. The van der Waals surface area contributed by atoms with Crippen molar-refractivity contribution >= 4 is 27.6 Å². The van der Waals surface area contributed by atoms with Gasteiger partial charge in [0.05, 0.1) is 6.10 Å². The van der Waals surface area contributed by atoms with Gasteiger partial charge in [-0.1, -0.05) is 6.92 Å². The Morgan fingerprint density at radius 3 is 2.78 bits per heavy atom. The van der Waals surface area contributed by atoms with Crippen molar-refractivity contribution < 1.29 is 4.74 Å². The predicted octanol–water partition coefficient (Wildman–Crippen LogP) is 2.65. The molecule has 1 aromatic heterocycles. The molecule has 0 aliphatic heterocycles. The topological polar surface area (TPSA) is 59.1 Å². The Morgan fingerprint density at radius 1 is 1.39 bits per heavy atom. The second-order valence-corrected chi connectivity index (χ2v) is 5.28. The van der Waals surface area contributed by atoms with Gasteiger partial charge in [-0.05, 0) is 35.2 Å². The number of hydrogen-bond acceptors (Lipinski definition) is 5. The number of nitrogens with one attached hydrogen (secondary N) is 2. The van der Waals surface area contributed by atoms with E-state index in [1.165, 1.54) is 0 Å². The fourth-order valence-corrected chi connectivity index (χ4v) is 2.37. The van der Waals surface area contributed by atoms with Gasteiger partial charge in [0.15, 0.2) is 0 Å². The smallest absolute Gasteiger partial charge is 0.146 e. The number of halogens is 1. The van der Waals surface area contributed by atoms with Gasteiger partial charge in [-0.2, -0.15) is 0 Å². The van der Waals surface area contributed by atoms with Crippen LogP contribution in [0.4, 0.5) is 11.6 Å². The summed E-state index contributed by atoms with van der Waals surface area (Å²) in [5.41, 5.74) is 0. The van der Waals surface area contributed by atoms with Crippen LogP contribution in [0.5, 0.6) is 0 Å². The molecule has 0 saturated heterocycles. The first-order valence-corrected chi connectivity index (χ1v) is 7.07. The molecule has 18 heavy (non-hydrogen) atoms. The van der Waals surface area contributed by atoms with Crippen LogP contribution in [-0.4, -0.2) is 35.8 Å². The van der Waals surface area contributed by atoms with E-state index in [9.17, 15) is 0 Å². The highest BCUT2D eigenvalue weighted by Gasteiger charge is 2.29. The van der Waals surface area contributed by atoms with E-state index >= 15 is 0 Å². The first-order chi connectivity index (χ1) is 8.74. The van der Waals surface area contributed by atoms with E-state index in [1.807, 2.05) is 0 Å². The van der Waals surface area contributed by atoms with Crippen molar-refractivity contribution in [2.24, 2.45) is 0 Å². The van der Waals surface area contributed by atoms with Crippen LogP contribution in [0.3, 0.4) is 0 Å². The van der Waals surface area contributed by atoms with Crippen LogP contribution in [0, 0.1) is 0 Å². The molecule has 1 fully saturated rings. The van der Waals surface area contributed by atoms with E-state index in [0.717, 1.165) is 41.9 Å². The highest BCUT2D eigenvalue weighted by molar-refractivity contribution is 9.10. The molecule has 0 radical (unpaired) electrons. The highest BCUT2D eigenvalue weighted by Crippen LogP contribution is 2.31. The van der Waals surface area contributed by atoms with E-state index < -0.39 is 0 Å². The molecule has 1 aliphatic carbocycles. The third-order valence-corrected chi connectivity index (χ3v) is 3.85. The summed E-state index contributed by atoms with van der Waals surface area (Å²) in [5, 5.41) is 6.68. The van der Waals surface area contributed by atoms with Gasteiger partial charge in [0.25, 0.3) is 0 Å². The zero-order chi connectivity index (χ0) is 13.0. The van der Waals surface area contributed by atoms with Gasteiger partial charge in [-0.25, -0.2) is 9.97 Å². The fraction of sp³-hybridized carbons (Fsp3) is 0.667. The lowest BCUT2D eigenvalue weighted by Gasteiger charge is -2.35. The maximum atomic E-state index is 5.26. The van der Waals surface area contributed by atoms with Crippen molar-refractivity contribution in [1.29, 1.82) is 0 Å². The van der Waals surface area contributed by atoms with Gasteiger partial charge in [0.1, 0.15) is 22.4 Å². The molecule has 0 amide bonds. The number of methoxy groups -OCH3 is 1. The van der Waals surface area contributed by atoms with Crippen LogP contribution in [-0.2, 0) is 4.74 Å². The average molecular weight is 315 g/mol. The van der Waals surface area contributed by atoms with E-state index in [0.29, 0.717) is 12.1 Å². The van der Waals surface area contributed by atoms with Crippen LogP contribution >= 0.6 is 15.9 Å². The summed E-state index contributed by atoms with van der Waals surface area (Å²) >= 11 is 3.54. The minimum atomic E-state index is 0.390. The number of hydrogen-bond donors (Lipinski definition) is 2. The molecule has 0 unspecified atom stereocenters. The maximum Gasteiger partial charge on any atom is 0.146 e. The molecular formula is C12H19BrN4O. The van der Waals surface area contributed by atoms with Crippen molar-refractivity contribution in [3.05, 3.63) is 10.8 Å². The molecule has 1 aliphatic rings. The molecule has 0 aromatic carbocycles. The van der Waals surface area contributed by atoms with E-state index in [4.69, 9.17) is 4.74 Å². The number of nitrogens with zero attached hydrogens (tertiary/aromatic N) is 2. The summed E-state index contributed by atoms with van der Waals surface area (Å²) in [5.74, 6) is 1.69. The number of aromatic nitrogens is 2. The molecule has 1 heterocycles. The Labute approximate surface area is 116 Å². The third kappa shape index (κ3) is 3.11. The summed E-state index contributed by atoms with van der Waals surface area (Å²) < 4.78 is 6.17. The predicted molar refractivity (Wildman–Crippen MR) is 76.0 cm³/mol. The van der Waals surface area contributed by atoms with Crippen LogP contribution in [0.1, 0.15) is 26.2 Å². The minimum absolute atomic E-state index is 0.390. The Bertz CT molecular complexity index is 396. The zero-order valence-corrected chi connectivity index (χ0v) is 12.3. The molecule has 0 bridgehead atoms. The second-order valence-electron chi connectivity index (χ2n) is 4.48. The standard InChI is InChI=1S/C12H19BrN4O/c1-3-4-14-11-10(13)12(16-7-15-11)17-8-5-9(6-8)18-2/h7-9H,3-6H2,1-2H3,(H2,14,15,16,17). The first kappa shape index (κ1) is 13.5. The average Bonchev–Trinajstić information content (AvgIpc) is 2.33. The van der Waals surface area contributed by atoms with Crippen LogP contribution < -0.4 is 10.6 Å². The molecule has 5 nitrogen and oxygen atoms in total. The molecular weight excluding hydrogens is 296 g/mol. The van der Waals surface area contributed by atoms with Gasteiger partial charge in [-0.15, -0.1) is 0 Å². The Morgan fingerprint density at radius 2 is 2.11 bits per heavy atom. The second kappa shape index (κ2) is 6.33. The number of anilines is 2. The molecule has 6 heteroatoms. The van der Waals surface area contributed by atoms with Gasteiger partial charge >= 0.3 is 0 Å². The van der Waals surface area contributed by atoms with Gasteiger partial charge in [0, 0.05) is 19.7 Å². The molecule has 2 rings (SSSR count). The largest absolute Gasteiger partial charge is 0.381 e. The molecule has 2 N–H and O–H groups in total. The first-order valence-electron chi connectivity index (χ1n) is 6.28. The van der Waals surface area contributed by atoms with Crippen LogP contribution in [0.2, 0.25) is 0 Å². The third-order valence-electron chi connectivity index (χ3n) is 3.10. The number of ether oxygens (including phenoxy) is 1. The molecule has 100 valence electrons. The minimum Gasteiger partial charge on any atom is -0.381 e. The monoisotopic (exact) mass is 314 g/mol. The van der Waals surface area contributed by atoms with Crippen molar-refractivity contribution in [2.75, 3.05) is 24.3 Å². The van der Waals surface area contributed by atoms with Crippen molar-refractivity contribution in [2.45, 2.75) is 38.3 Å². The molecule has 0 atom stereocenters. The van der Waals surface area contributed by atoms with Crippen molar-refractivity contribution in [3.8, 4) is 0 Å². The highest BCUT2D eigenvalue weighted by atomic mass is 79.9. The lowest BCUT2D eigenvalue weighted by molar-refractivity contribution is 0.0328. The summed E-state index contributed by atoms with van der Waals surface area (Å²) in [6.07, 6.45) is 5.10. The molecule has 1 saturated carbocycles. The quantitative estimate of drug-likeness (QED) is 0.845. The lowest BCUT2D eigenvalue weighted by Crippen LogP contribution is -2.40. The van der Waals surface area contributed by atoms with Crippen LogP contribution in [0.25, 0.3) is 0 Å². The van der Waals surface area contributed by atoms with Crippen molar-refractivity contribution in [3.63, 3.8) is 0 Å². The maximum absolute atomic E-state index is 5.26. The van der Waals surface area contributed by atoms with E-state index in [2.05, 4.69) is 43.5 Å². The van der Waals surface area contributed by atoms with E-state index in [-0.39, 0.29) is 0 Å². The number of rotatable bonds is 6. The Hall–Kier alpha value is -0.880. The Balaban J connectivity index is 1.96. The van der Waals surface area contributed by atoms with Gasteiger partial charge < -0.3 is 15.4 Å². The summed E-state index contributed by atoms with van der Waals surface area (Å²) in [6.45, 7) is 3.03. The lowest BCUT2D eigenvalue weighted by atomic mass is 9.89. The van der Waals surface area contributed by atoms with Crippen molar-refractivity contribution in [1.82, 2.24) is 9.97 Å². The fourth-order valence-electron chi connectivity index (χ4n) is 1.91. The van der Waals surface area contributed by atoms with Crippen LogP contribution in [0.15, 0.2) is 10.8 Å². The zero-order valence-electron chi connectivity index (χ0n) is 10.7. The normalized spacial score (nSPS) is 22.4. The van der Waals surface area contributed by atoms with E-state index in [1.54, 1.807) is 13.4 Å². The van der Waals surface area contributed by atoms with Gasteiger partial charge in [-0.3, -0.25) is 0 Å². The molecule has 0 spiro atoms.